The molecule has 142 valence electrons. The predicted octanol–water partition coefficient (Wildman–Crippen LogP) is 3.43. The zero-order valence-corrected chi connectivity index (χ0v) is 15.9. The lowest BCUT2D eigenvalue weighted by Gasteiger charge is -2.10. The van der Waals surface area contributed by atoms with Gasteiger partial charge in [-0.2, -0.15) is 5.26 Å². The molecule has 4 rings (SSSR count). The molecular formula is C22H17N5O2. The highest BCUT2D eigenvalue weighted by atomic mass is 16.2. The SMILES string of the molecule is Cc1nc2c(=O)c(C(=O)Nc3ccccc3C#N)c(C)[nH]n2c1-c1ccccc1. The number of para-hydroxylation sites is 1. The Balaban J connectivity index is 1.84. The van der Waals surface area contributed by atoms with Crippen LogP contribution in [-0.2, 0) is 0 Å². The van der Waals surface area contributed by atoms with Gasteiger partial charge < -0.3 is 5.32 Å². The second kappa shape index (κ2) is 7.09. The summed E-state index contributed by atoms with van der Waals surface area (Å²) >= 11 is 0. The van der Waals surface area contributed by atoms with Crippen LogP contribution in [0.25, 0.3) is 16.9 Å². The highest BCUT2D eigenvalue weighted by Crippen LogP contribution is 2.23. The first-order valence-electron chi connectivity index (χ1n) is 8.99. The van der Waals surface area contributed by atoms with Gasteiger partial charge in [-0.1, -0.05) is 42.5 Å². The second-order valence-electron chi connectivity index (χ2n) is 6.62. The van der Waals surface area contributed by atoms with Crippen molar-refractivity contribution in [2.45, 2.75) is 13.8 Å². The number of carbonyl (C=O) groups excluding carboxylic acids is 1. The Morgan fingerprint density at radius 3 is 2.52 bits per heavy atom. The van der Waals surface area contributed by atoms with Crippen molar-refractivity contribution in [2.24, 2.45) is 0 Å². The number of aromatic nitrogens is 3. The molecule has 2 heterocycles. The normalized spacial score (nSPS) is 10.7. The largest absolute Gasteiger partial charge is 0.321 e. The van der Waals surface area contributed by atoms with E-state index in [0.29, 0.717) is 22.6 Å². The summed E-state index contributed by atoms with van der Waals surface area (Å²) in [4.78, 5) is 30.4. The number of hydrogen-bond donors (Lipinski definition) is 2. The van der Waals surface area contributed by atoms with E-state index in [1.54, 1.807) is 35.7 Å². The molecule has 0 bridgehead atoms. The van der Waals surface area contributed by atoms with Gasteiger partial charge in [-0.25, -0.2) is 9.50 Å². The molecular weight excluding hydrogens is 366 g/mol. The zero-order valence-electron chi connectivity index (χ0n) is 15.9. The second-order valence-corrected chi connectivity index (χ2v) is 6.62. The molecule has 4 aromatic rings. The van der Waals surface area contributed by atoms with Gasteiger partial charge in [-0.3, -0.25) is 14.7 Å². The molecule has 0 saturated heterocycles. The highest BCUT2D eigenvalue weighted by Gasteiger charge is 2.22. The quantitative estimate of drug-likeness (QED) is 0.566. The first-order chi connectivity index (χ1) is 14.0. The minimum atomic E-state index is -0.587. The molecule has 0 atom stereocenters. The fourth-order valence-corrected chi connectivity index (χ4v) is 3.38. The average molecular weight is 383 g/mol. The van der Waals surface area contributed by atoms with Crippen LogP contribution in [0, 0.1) is 25.2 Å². The number of carbonyl (C=O) groups is 1. The first kappa shape index (κ1) is 18.2. The van der Waals surface area contributed by atoms with E-state index >= 15 is 0 Å². The summed E-state index contributed by atoms with van der Waals surface area (Å²) in [6.45, 7) is 3.48. The number of rotatable bonds is 3. The van der Waals surface area contributed by atoms with Crippen LogP contribution in [0.1, 0.15) is 27.3 Å². The molecule has 0 aliphatic heterocycles. The number of nitrogens with zero attached hydrogens (tertiary/aromatic N) is 3. The van der Waals surface area contributed by atoms with E-state index in [1.165, 1.54) is 0 Å². The van der Waals surface area contributed by atoms with E-state index in [0.717, 1.165) is 11.3 Å². The van der Waals surface area contributed by atoms with Crippen LogP contribution in [0.4, 0.5) is 5.69 Å². The van der Waals surface area contributed by atoms with Crippen LogP contribution in [-0.4, -0.2) is 20.5 Å². The van der Waals surface area contributed by atoms with Gasteiger partial charge >= 0.3 is 0 Å². The van der Waals surface area contributed by atoms with Crippen molar-refractivity contribution in [2.75, 3.05) is 5.32 Å². The number of amides is 1. The van der Waals surface area contributed by atoms with E-state index < -0.39 is 11.3 Å². The Morgan fingerprint density at radius 2 is 1.79 bits per heavy atom. The van der Waals surface area contributed by atoms with Gasteiger partial charge in [-0.05, 0) is 26.0 Å². The molecule has 7 heteroatoms. The number of anilines is 1. The summed E-state index contributed by atoms with van der Waals surface area (Å²) in [5.74, 6) is -0.587. The summed E-state index contributed by atoms with van der Waals surface area (Å²) in [6, 6.07) is 18.3. The Hall–Kier alpha value is -4.18. The maximum atomic E-state index is 13.1. The fourth-order valence-electron chi connectivity index (χ4n) is 3.38. The lowest BCUT2D eigenvalue weighted by molar-refractivity contribution is 0.102. The van der Waals surface area contributed by atoms with Crippen LogP contribution in [0.5, 0.6) is 0 Å². The van der Waals surface area contributed by atoms with Crippen molar-refractivity contribution in [3.8, 4) is 17.3 Å². The topological polar surface area (TPSA) is 103 Å². The molecule has 0 radical (unpaired) electrons. The Kier molecular flexibility index (Phi) is 4.45. The van der Waals surface area contributed by atoms with Gasteiger partial charge in [0.2, 0.25) is 11.1 Å². The number of aromatic amines is 1. The third kappa shape index (κ3) is 3.07. The van der Waals surface area contributed by atoms with Crippen LogP contribution in [0.15, 0.2) is 59.4 Å². The standard InChI is InChI=1S/C22H17N5O2/c1-13-18(22(29)25-17-11-7-6-10-16(17)12-23)20(28)21-24-14(2)19(27(21)26-13)15-8-4-3-5-9-15/h3-11,26H,1-2H3,(H,25,29). The molecule has 0 unspecified atom stereocenters. The molecule has 1 amide bonds. The smallest absolute Gasteiger partial charge is 0.261 e. The van der Waals surface area contributed by atoms with Gasteiger partial charge in [0.1, 0.15) is 11.6 Å². The lowest BCUT2D eigenvalue weighted by Crippen LogP contribution is -2.26. The third-order valence-corrected chi connectivity index (χ3v) is 4.71. The van der Waals surface area contributed by atoms with Crippen LogP contribution < -0.4 is 10.7 Å². The summed E-state index contributed by atoms with van der Waals surface area (Å²) in [5, 5.41) is 15.0. The maximum Gasteiger partial charge on any atom is 0.261 e. The van der Waals surface area contributed by atoms with Crippen molar-refractivity contribution in [3.05, 3.63) is 87.3 Å². The molecule has 7 nitrogen and oxygen atoms in total. The monoisotopic (exact) mass is 383 g/mol. The molecule has 2 aromatic heterocycles. The molecule has 0 fully saturated rings. The van der Waals surface area contributed by atoms with Crippen LogP contribution >= 0.6 is 0 Å². The van der Waals surface area contributed by atoms with Crippen molar-refractivity contribution in [1.29, 1.82) is 5.26 Å². The van der Waals surface area contributed by atoms with Crippen LogP contribution in [0.3, 0.4) is 0 Å². The molecule has 0 spiro atoms. The molecule has 0 saturated carbocycles. The van der Waals surface area contributed by atoms with Gasteiger partial charge in [0.25, 0.3) is 5.91 Å². The zero-order chi connectivity index (χ0) is 20.5. The average Bonchev–Trinajstić information content (AvgIpc) is 3.05. The van der Waals surface area contributed by atoms with E-state index in [9.17, 15) is 14.9 Å². The summed E-state index contributed by atoms with van der Waals surface area (Å²) < 4.78 is 1.61. The third-order valence-electron chi connectivity index (χ3n) is 4.71. The number of nitrogens with one attached hydrogen (secondary N) is 2. The Labute approximate surface area is 166 Å². The number of hydrogen-bond acceptors (Lipinski definition) is 4. The van der Waals surface area contributed by atoms with Crippen LogP contribution in [0.2, 0.25) is 0 Å². The number of aryl methyl sites for hydroxylation is 2. The number of nitriles is 1. The Morgan fingerprint density at radius 1 is 1.10 bits per heavy atom. The van der Waals surface area contributed by atoms with Crippen molar-refractivity contribution in [1.82, 2.24) is 14.6 Å². The first-order valence-corrected chi connectivity index (χ1v) is 8.99. The molecule has 2 aromatic carbocycles. The summed E-state index contributed by atoms with van der Waals surface area (Å²) in [7, 11) is 0. The van der Waals surface area contributed by atoms with E-state index in [2.05, 4.69) is 15.4 Å². The fraction of sp³-hybridized carbons (Fsp3) is 0.0909. The van der Waals surface area contributed by atoms with Crippen molar-refractivity contribution >= 4 is 17.2 Å². The summed E-state index contributed by atoms with van der Waals surface area (Å²) in [5.41, 5.74) is 3.07. The number of imidazole rings is 1. The Bertz CT molecular complexity index is 1340. The summed E-state index contributed by atoms with van der Waals surface area (Å²) in [6.07, 6.45) is 0. The maximum absolute atomic E-state index is 13.1. The van der Waals surface area contributed by atoms with Gasteiger partial charge in [0.05, 0.1) is 22.6 Å². The van der Waals surface area contributed by atoms with E-state index in [1.807, 2.05) is 43.3 Å². The predicted molar refractivity (Wildman–Crippen MR) is 110 cm³/mol. The van der Waals surface area contributed by atoms with Crippen molar-refractivity contribution in [3.63, 3.8) is 0 Å². The number of H-pyrrole nitrogens is 1. The highest BCUT2D eigenvalue weighted by molar-refractivity contribution is 6.06. The number of fused-ring (bicyclic) bond motifs is 1. The molecule has 0 aliphatic rings. The van der Waals surface area contributed by atoms with Gasteiger partial charge in [0.15, 0.2) is 0 Å². The van der Waals surface area contributed by atoms with E-state index in [-0.39, 0.29) is 11.2 Å². The molecule has 29 heavy (non-hydrogen) atoms. The molecule has 0 aliphatic carbocycles. The number of benzene rings is 2. The van der Waals surface area contributed by atoms with Crippen molar-refractivity contribution < 1.29 is 4.79 Å². The van der Waals surface area contributed by atoms with Gasteiger partial charge in [-0.15, -0.1) is 0 Å². The molecule has 2 N–H and O–H groups in total. The van der Waals surface area contributed by atoms with E-state index in [4.69, 9.17) is 0 Å². The van der Waals surface area contributed by atoms with Gasteiger partial charge in [0, 0.05) is 11.3 Å². The lowest BCUT2D eigenvalue weighted by atomic mass is 10.1. The minimum Gasteiger partial charge on any atom is -0.321 e. The minimum absolute atomic E-state index is 0.0325.